The molecule has 1 aliphatic heterocycles. The summed E-state index contributed by atoms with van der Waals surface area (Å²) in [5.41, 5.74) is 3.10. The van der Waals surface area contributed by atoms with Gasteiger partial charge in [0.1, 0.15) is 6.20 Å². The van der Waals surface area contributed by atoms with Crippen molar-refractivity contribution in [3.05, 3.63) is 102 Å². The molecule has 4 rings (SSSR count). The van der Waals surface area contributed by atoms with Crippen molar-refractivity contribution in [3.63, 3.8) is 0 Å². The molecule has 9 heteroatoms. The molecule has 1 heterocycles. The van der Waals surface area contributed by atoms with Crippen molar-refractivity contribution in [2.45, 2.75) is 13.5 Å². The van der Waals surface area contributed by atoms with Gasteiger partial charge in [-0.1, -0.05) is 57.7 Å². The molecule has 3 aromatic carbocycles. The number of sulfonamides is 1. The number of amides is 2. The number of hydrogen-bond donors (Lipinski definition) is 1. The van der Waals surface area contributed by atoms with Gasteiger partial charge in [-0.25, -0.2) is 13.2 Å². The summed E-state index contributed by atoms with van der Waals surface area (Å²) in [4.78, 5) is 13.3. The van der Waals surface area contributed by atoms with Crippen LogP contribution in [0, 0.1) is 0 Å². The number of anilines is 2. The number of rotatable bonds is 6. The number of quaternary nitrogens is 1. The predicted molar refractivity (Wildman–Crippen MR) is 138 cm³/mol. The SMILES string of the molecule is CC1=N[N+](C(=O)Nc2ccc(N(Cc3ccccc3Cl)S(C)(=O)=O)cc2)(c2ccccc2)C=C1. The van der Waals surface area contributed by atoms with E-state index in [1.54, 1.807) is 54.7 Å². The summed E-state index contributed by atoms with van der Waals surface area (Å²) in [6.07, 6.45) is 4.67. The van der Waals surface area contributed by atoms with Gasteiger partial charge in [0.25, 0.3) is 0 Å². The Morgan fingerprint density at radius 2 is 1.65 bits per heavy atom. The van der Waals surface area contributed by atoms with Crippen molar-refractivity contribution in [3.8, 4) is 0 Å². The highest BCUT2D eigenvalue weighted by Gasteiger charge is 2.41. The van der Waals surface area contributed by atoms with E-state index in [1.165, 1.54) is 4.31 Å². The summed E-state index contributed by atoms with van der Waals surface area (Å²) in [5.74, 6) is 0. The molecule has 174 valence electrons. The van der Waals surface area contributed by atoms with Crippen LogP contribution < -0.4 is 14.2 Å². The summed E-state index contributed by atoms with van der Waals surface area (Å²) in [5, 5.41) is 7.93. The smallest absolute Gasteiger partial charge is 0.272 e. The van der Waals surface area contributed by atoms with Gasteiger partial charge in [0.05, 0.1) is 24.2 Å². The van der Waals surface area contributed by atoms with Crippen molar-refractivity contribution >= 4 is 50.4 Å². The van der Waals surface area contributed by atoms with Crippen LogP contribution in [0.15, 0.2) is 96.2 Å². The molecule has 0 radical (unpaired) electrons. The standard InChI is InChI=1S/C25H23ClN4O3S/c1-19-16-17-30(28-19,23-9-4-3-5-10-23)25(31)27-21-12-14-22(15-13-21)29(34(2,32)33)18-20-8-6-7-11-24(20)26/h3-17H,18H2,1-2H3/p+1. The maximum absolute atomic E-state index is 13.3. The number of urea groups is 1. The molecule has 0 bridgehead atoms. The van der Waals surface area contributed by atoms with Gasteiger partial charge < -0.3 is 0 Å². The Kier molecular flexibility index (Phi) is 6.56. The highest BCUT2D eigenvalue weighted by Crippen LogP contribution is 2.30. The summed E-state index contributed by atoms with van der Waals surface area (Å²) < 4.78 is 25.9. The number of allylic oxidation sites excluding steroid dienone is 1. The molecule has 1 unspecified atom stereocenters. The summed E-state index contributed by atoms with van der Waals surface area (Å²) >= 11 is 6.24. The van der Waals surface area contributed by atoms with E-state index in [0.29, 0.717) is 27.6 Å². The molecular formula is C25H24ClN4O3S+. The van der Waals surface area contributed by atoms with E-state index >= 15 is 0 Å². The molecule has 0 fully saturated rings. The first-order chi connectivity index (χ1) is 16.2. The number of para-hydroxylation sites is 1. The lowest BCUT2D eigenvalue weighted by molar-refractivity contribution is 0.230. The average molecular weight is 496 g/mol. The lowest BCUT2D eigenvalue weighted by Gasteiger charge is -2.24. The summed E-state index contributed by atoms with van der Waals surface area (Å²) in [7, 11) is -3.58. The van der Waals surface area contributed by atoms with Crippen LogP contribution in [0.5, 0.6) is 0 Å². The molecule has 0 saturated carbocycles. The lowest BCUT2D eigenvalue weighted by atomic mass is 10.2. The fourth-order valence-corrected chi connectivity index (χ4v) is 4.74. The minimum atomic E-state index is -3.58. The topological polar surface area (TPSA) is 78.8 Å². The minimum absolute atomic E-state index is 0.0943. The molecule has 3 aromatic rings. The van der Waals surface area contributed by atoms with Gasteiger partial charge in [0.2, 0.25) is 10.0 Å². The molecule has 2 amide bonds. The van der Waals surface area contributed by atoms with Crippen LogP contribution in [0.2, 0.25) is 5.02 Å². The molecule has 1 atom stereocenters. The fourth-order valence-electron chi connectivity index (χ4n) is 3.66. The third-order valence-corrected chi connectivity index (χ3v) is 6.89. The van der Waals surface area contributed by atoms with Crippen LogP contribution in [-0.2, 0) is 16.6 Å². The van der Waals surface area contributed by atoms with Crippen molar-refractivity contribution in [1.82, 2.24) is 4.59 Å². The van der Waals surface area contributed by atoms with Crippen LogP contribution in [0.1, 0.15) is 12.5 Å². The monoisotopic (exact) mass is 495 g/mol. The first-order valence-electron chi connectivity index (χ1n) is 10.5. The fraction of sp³-hybridized carbons (Fsp3) is 0.120. The van der Waals surface area contributed by atoms with Crippen molar-refractivity contribution < 1.29 is 13.2 Å². The number of benzene rings is 3. The first-order valence-corrected chi connectivity index (χ1v) is 12.7. The Morgan fingerprint density at radius 3 is 2.24 bits per heavy atom. The van der Waals surface area contributed by atoms with Crippen LogP contribution in [0.3, 0.4) is 0 Å². The molecule has 0 aromatic heterocycles. The molecule has 0 saturated heterocycles. The Morgan fingerprint density at radius 1 is 1.00 bits per heavy atom. The van der Waals surface area contributed by atoms with Gasteiger partial charge in [0.15, 0.2) is 5.69 Å². The number of halogens is 1. The second-order valence-electron chi connectivity index (χ2n) is 7.92. The summed E-state index contributed by atoms with van der Waals surface area (Å²) in [6, 6.07) is 22.6. The predicted octanol–water partition coefficient (Wildman–Crippen LogP) is 5.75. The number of hydrogen-bond acceptors (Lipinski definition) is 4. The Balaban J connectivity index is 1.59. The third kappa shape index (κ3) is 4.89. The van der Waals surface area contributed by atoms with Crippen molar-refractivity contribution in [1.29, 1.82) is 0 Å². The van der Waals surface area contributed by atoms with Gasteiger partial charge in [-0.05, 0) is 42.8 Å². The summed E-state index contributed by atoms with van der Waals surface area (Å²) in [6.45, 7) is 1.93. The van der Waals surface area contributed by atoms with E-state index in [1.807, 2.05) is 43.3 Å². The quantitative estimate of drug-likeness (QED) is 0.442. The Hall–Kier alpha value is -3.46. The largest absolute Gasteiger partial charge is 0.457 e. The highest BCUT2D eigenvalue weighted by atomic mass is 35.5. The van der Waals surface area contributed by atoms with Crippen molar-refractivity contribution in [2.24, 2.45) is 5.10 Å². The van der Waals surface area contributed by atoms with Crippen LogP contribution in [0.25, 0.3) is 0 Å². The number of carbonyl (C=O) groups is 1. The molecule has 0 aliphatic carbocycles. The van der Waals surface area contributed by atoms with Gasteiger partial charge >= 0.3 is 6.03 Å². The zero-order chi connectivity index (χ0) is 24.3. The van der Waals surface area contributed by atoms with Crippen LogP contribution >= 0.6 is 11.6 Å². The zero-order valence-corrected chi connectivity index (χ0v) is 20.3. The lowest BCUT2D eigenvalue weighted by Crippen LogP contribution is -2.46. The van der Waals surface area contributed by atoms with Gasteiger partial charge in [-0.2, -0.15) is 0 Å². The van der Waals surface area contributed by atoms with E-state index in [-0.39, 0.29) is 17.2 Å². The highest BCUT2D eigenvalue weighted by molar-refractivity contribution is 7.92. The maximum Gasteiger partial charge on any atom is 0.457 e. The second kappa shape index (κ2) is 9.42. The van der Waals surface area contributed by atoms with Gasteiger partial charge in [-0.15, -0.1) is 0 Å². The number of nitrogens with one attached hydrogen (secondary N) is 1. The first kappa shape index (κ1) is 23.7. The van der Waals surface area contributed by atoms with E-state index in [2.05, 4.69) is 10.4 Å². The van der Waals surface area contributed by atoms with Crippen molar-refractivity contribution in [2.75, 3.05) is 15.9 Å². The zero-order valence-electron chi connectivity index (χ0n) is 18.7. The van der Waals surface area contributed by atoms with Gasteiger partial charge in [0, 0.05) is 28.9 Å². The van der Waals surface area contributed by atoms with E-state index in [4.69, 9.17) is 11.6 Å². The average Bonchev–Trinajstić information content (AvgIpc) is 3.22. The molecule has 34 heavy (non-hydrogen) atoms. The van der Waals surface area contributed by atoms with E-state index < -0.39 is 10.0 Å². The van der Waals surface area contributed by atoms with Gasteiger partial charge in [-0.3, -0.25) is 9.62 Å². The Bertz CT molecular complexity index is 1370. The molecular weight excluding hydrogens is 472 g/mol. The minimum Gasteiger partial charge on any atom is -0.272 e. The number of carbonyl (C=O) groups excluding carboxylic acids is 1. The van der Waals surface area contributed by atoms with Crippen LogP contribution in [0.4, 0.5) is 21.9 Å². The maximum atomic E-state index is 13.3. The van der Waals surface area contributed by atoms with E-state index in [9.17, 15) is 13.2 Å². The third-order valence-electron chi connectivity index (χ3n) is 5.39. The normalized spacial score (nSPS) is 17.3. The molecule has 7 nitrogen and oxygen atoms in total. The van der Waals surface area contributed by atoms with Crippen LogP contribution in [-0.4, -0.2) is 26.4 Å². The Labute approximate surface area is 204 Å². The second-order valence-corrected chi connectivity index (χ2v) is 10.2. The van der Waals surface area contributed by atoms with E-state index in [0.717, 1.165) is 12.0 Å². The molecule has 1 N–H and O–H groups in total. The number of nitrogens with zero attached hydrogens (tertiary/aromatic N) is 3. The molecule has 0 spiro atoms. The molecule has 1 aliphatic rings.